The normalized spacial score (nSPS) is 17.2. The Kier molecular flexibility index (Phi) is 3.38. The predicted molar refractivity (Wildman–Crippen MR) is 90.5 cm³/mol. The Hall–Kier alpha value is -3.01. The molecule has 2 heterocycles. The number of fused-ring (bicyclic) bond motifs is 1. The minimum absolute atomic E-state index is 0.230. The summed E-state index contributed by atoms with van der Waals surface area (Å²) in [6.07, 6.45) is 3.57. The Labute approximate surface area is 140 Å². The van der Waals surface area contributed by atoms with E-state index in [2.05, 4.69) is 6.07 Å². The molecular formula is C20H16O4. The van der Waals surface area contributed by atoms with Crippen LogP contribution in [0.2, 0.25) is 0 Å². The van der Waals surface area contributed by atoms with Gasteiger partial charge < -0.3 is 14.2 Å². The van der Waals surface area contributed by atoms with Crippen LogP contribution in [0.15, 0.2) is 48.0 Å². The van der Waals surface area contributed by atoms with Crippen molar-refractivity contribution in [3.05, 3.63) is 70.3 Å². The topological polar surface area (TPSA) is 44.8 Å². The van der Waals surface area contributed by atoms with E-state index < -0.39 is 0 Å². The number of esters is 1. The van der Waals surface area contributed by atoms with Crippen LogP contribution in [-0.4, -0.2) is 12.8 Å². The van der Waals surface area contributed by atoms with Gasteiger partial charge in [-0.3, -0.25) is 0 Å². The van der Waals surface area contributed by atoms with Gasteiger partial charge in [-0.15, -0.1) is 0 Å². The van der Waals surface area contributed by atoms with E-state index >= 15 is 0 Å². The van der Waals surface area contributed by atoms with Gasteiger partial charge in [0.2, 0.25) is 6.79 Å². The van der Waals surface area contributed by atoms with Gasteiger partial charge in [-0.2, -0.15) is 0 Å². The number of carbonyl (C=O) groups is 1. The molecule has 2 aromatic rings. The second-order valence-corrected chi connectivity index (χ2v) is 5.93. The molecule has 2 aliphatic heterocycles. The van der Waals surface area contributed by atoms with Crippen molar-refractivity contribution in [2.45, 2.75) is 13.8 Å². The fourth-order valence-electron chi connectivity index (χ4n) is 2.89. The third kappa shape index (κ3) is 2.56. The van der Waals surface area contributed by atoms with Gasteiger partial charge in [-0.05, 0) is 49.3 Å². The fourth-order valence-corrected chi connectivity index (χ4v) is 2.89. The quantitative estimate of drug-likeness (QED) is 0.619. The van der Waals surface area contributed by atoms with Crippen LogP contribution in [-0.2, 0) is 9.53 Å². The van der Waals surface area contributed by atoms with Crippen molar-refractivity contribution in [3.8, 4) is 11.5 Å². The minimum atomic E-state index is -0.345. The predicted octanol–water partition coefficient (Wildman–Crippen LogP) is 4.01. The summed E-state index contributed by atoms with van der Waals surface area (Å²) in [5.41, 5.74) is 4.58. The monoisotopic (exact) mass is 320 g/mol. The van der Waals surface area contributed by atoms with Crippen LogP contribution < -0.4 is 9.47 Å². The standard InChI is InChI=1S/C20H16O4/c1-12-3-5-16(13(2)7-12)18-10-15(20(21)24-18)8-14-4-6-17-19(9-14)23-11-22-17/h3-10H,11H2,1-2H3/b15-8+. The van der Waals surface area contributed by atoms with Gasteiger partial charge in [0.15, 0.2) is 11.5 Å². The second kappa shape index (κ2) is 5.57. The van der Waals surface area contributed by atoms with Gasteiger partial charge in [0.25, 0.3) is 0 Å². The van der Waals surface area contributed by atoms with Crippen LogP contribution in [0.5, 0.6) is 11.5 Å². The van der Waals surface area contributed by atoms with Crippen molar-refractivity contribution >= 4 is 17.8 Å². The molecule has 0 unspecified atom stereocenters. The van der Waals surface area contributed by atoms with Crippen LogP contribution in [0, 0.1) is 13.8 Å². The summed E-state index contributed by atoms with van der Waals surface area (Å²) < 4.78 is 16.1. The molecule has 0 aliphatic carbocycles. The first-order valence-corrected chi connectivity index (χ1v) is 7.73. The van der Waals surface area contributed by atoms with Crippen molar-refractivity contribution in [2.75, 3.05) is 6.79 Å². The first-order valence-electron chi connectivity index (χ1n) is 7.73. The fraction of sp³-hybridized carbons (Fsp3) is 0.150. The molecule has 0 N–H and O–H groups in total. The molecule has 24 heavy (non-hydrogen) atoms. The molecule has 0 spiro atoms. The zero-order valence-electron chi connectivity index (χ0n) is 13.5. The minimum Gasteiger partial charge on any atom is -0.454 e. The number of ether oxygens (including phenoxy) is 3. The molecule has 0 fully saturated rings. The first-order chi connectivity index (χ1) is 11.6. The van der Waals surface area contributed by atoms with Crippen LogP contribution in [0.25, 0.3) is 11.8 Å². The molecule has 120 valence electrons. The molecule has 0 amide bonds. The van der Waals surface area contributed by atoms with Gasteiger partial charge in [0.1, 0.15) is 5.76 Å². The van der Waals surface area contributed by atoms with Crippen molar-refractivity contribution in [1.82, 2.24) is 0 Å². The summed E-state index contributed by atoms with van der Waals surface area (Å²) in [5, 5.41) is 0. The van der Waals surface area contributed by atoms with Crippen LogP contribution in [0.3, 0.4) is 0 Å². The summed E-state index contributed by atoms with van der Waals surface area (Å²) in [4.78, 5) is 12.2. The zero-order chi connectivity index (χ0) is 16.7. The van der Waals surface area contributed by atoms with E-state index in [4.69, 9.17) is 14.2 Å². The van der Waals surface area contributed by atoms with Crippen molar-refractivity contribution in [3.63, 3.8) is 0 Å². The Bertz CT molecular complexity index is 906. The van der Waals surface area contributed by atoms with Crippen molar-refractivity contribution in [1.29, 1.82) is 0 Å². The summed E-state index contributed by atoms with van der Waals surface area (Å²) in [6.45, 7) is 4.28. The van der Waals surface area contributed by atoms with Gasteiger partial charge in [0.05, 0.1) is 5.57 Å². The zero-order valence-corrected chi connectivity index (χ0v) is 13.5. The van der Waals surface area contributed by atoms with E-state index in [-0.39, 0.29) is 12.8 Å². The Morgan fingerprint density at radius 1 is 1.00 bits per heavy atom. The highest BCUT2D eigenvalue weighted by Gasteiger charge is 2.23. The number of carbonyl (C=O) groups excluding carboxylic acids is 1. The maximum Gasteiger partial charge on any atom is 0.343 e. The maximum absolute atomic E-state index is 12.2. The molecule has 4 nitrogen and oxygen atoms in total. The number of hydrogen-bond acceptors (Lipinski definition) is 4. The number of cyclic esters (lactones) is 1. The Morgan fingerprint density at radius 3 is 2.67 bits per heavy atom. The molecule has 0 saturated heterocycles. The molecular weight excluding hydrogens is 304 g/mol. The smallest absolute Gasteiger partial charge is 0.343 e. The lowest BCUT2D eigenvalue weighted by Gasteiger charge is -2.06. The van der Waals surface area contributed by atoms with Crippen molar-refractivity contribution in [2.24, 2.45) is 0 Å². The molecule has 0 bridgehead atoms. The van der Waals surface area contributed by atoms with Crippen LogP contribution >= 0.6 is 0 Å². The van der Waals surface area contributed by atoms with Gasteiger partial charge in [-0.1, -0.05) is 29.8 Å². The lowest BCUT2D eigenvalue weighted by Crippen LogP contribution is -1.98. The van der Waals surface area contributed by atoms with E-state index in [1.807, 2.05) is 44.2 Å². The van der Waals surface area contributed by atoms with E-state index in [1.54, 1.807) is 12.2 Å². The maximum atomic E-state index is 12.2. The third-order valence-corrected chi connectivity index (χ3v) is 4.09. The number of benzene rings is 2. The molecule has 0 atom stereocenters. The summed E-state index contributed by atoms with van der Waals surface area (Å²) in [7, 11) is 0. The molecule has 0 radical (unpaired) electrons. The largest absolute Gasteiger partial charge is 0.454 e. The molecule has 0 saturated carbocycles. The summed E-state index contributed by atoms with van der Waals surface area (Å²) in [6, 6.07) is 11.6. The molecule has 0 aromatic heterocycles. The third-order valence-electron chi connectivity index (χ3n) is 4.09. The van der Waals surface area contributed by atoms with E-state index in [1.165, 1.54) is 5.56 Å². The average Bonchev–Trinajstić information content (AvgIpc) is 3.14. The Morgan fingerprint density at radius 2 is 1.83 bits per heavy atom. The van der Waals surface area contributed by atoms with E-state index in [9.17, 15) is 4.79 Å². The highest BCUT2D eigenvalue weighted by molar-refractivity contribution is 6.05. The molecule has 4 heteroatoms. The van der Waals surface area contributed by atoms with Gasteiger partial charge >= 0.3 is 5.97 Å². The molecule has 2 aliphatic rings. The first kappa shape index (κ1) is 14.6. The van der Waals surface area contributed by atoms with Crippen molar-refractivity contribution < 1.29 is 19.0 Å². The average molecular weight is 320 g/mol. The van der Waals surface area contributed by atoms with Gasteiger partial charge in [0, 0.05) is 5.56 Å². The highest BCUT2D eigenvalue weighted by atomic mass is 16.7. The van der Waals surface area contributed by atoms with E-state index in [0.717, 1.165) is 22.4 Å². The number of hydrogen-bond donors (Lipinski definition) is 0. The lowest BCUT2D eigenvalue weighted by atomic mass is 10.0. The van der Waals surface area contributed by atoms with Crippen LogP contribution in [0.4, 0.5) is 0 Å². The Balaban J connectivity index is 1.68. The summed E-state index contributed by atoms with van der Waals surface area (Å²) >= 11 is 0. The number of rotatable bonds is 2. The molecule has 2 aromatic carbocycles. The lowest BCUT2D eigenvalue weighted by molar-refractivity contribution is -0.130. The number of aryl methyl sites for hydroxylation is 2. The SMILES string of the molecule is Cc1ccc(C2=C/C(=C\c3ccc4c(c3)OCO4)C(=O)O2)c(C)c1. The highest BCUT2D eigenvalue weighted by Crippen LogP contribution is 2.34. The van der Waals surface area contributed by atoms with E-state index in [0.29, 0.717) is 17.1 Å². The molecule has 4 rings (SSSR count). The van der Waals surface area contributed by atoms with Crippen LogP contribution in [0.1, 0.15) is 22.3 Å². The summed E-state index contributed by atoms with van der Waals surface area (Å²) in [5.74, 6) is 1.65. The van der Waals surface area contributed by atoms with Gasteiger partial charge in [-0.25, -0.2) is 4.79 Å². The second-order valence-electron chi connectivity index (χ2n) is 5.93.